The molecular weight excluding hydrogens is 486 g/mol. The first-order chi connectivity index (χ1) is 9.77. The van der Waals surface area contributed by atoms with Crippen molar-refractivity contribution >= 4 is 5.97 Å². The van der Waals surface area contributed by atoms with E-state index < -0.39 is 5.97 Å². The molecule has 0 fully saturated rings. The van der Waals surface area contributed by atoms with Crippen molar-refractivity contribution in [1.29, 1.82) is 0 Å². The average Bonchev–Trinajstić information content (AvgIpc) is 2.43. The van der Waals surface area contributed by atoms with Gasteiger partial charge in [-0.1, -0.05) is 96.8 Å². The van der Waals surface area contributed by atoms with Gasteiger partial charge in [0, 0.05) is 37.5 Å². The zero-order valence-electron chi connectivity index (χ0n) is 14.2. The van der Waals surface area contributed by atoms with Crippen molar-refractivity contribution in [3.05, 3.63) is 0 Å². The van der Waals surface area contributed by atoms with Gasteiger partial charge in [0.05, 0.1) is 0 Å². The molecule has 0 aliphatic rings. The predicted octanol–water partition coefficient (Wildman–Crippen LogP) is 6.33. The maximum absolute atomic E-state index is 10.3. The zero-order valence-corrected chi connectivity index (χ0v) is 18.3. The van der Waals surface area contributed by atoms with Crippen molar-refractivity contribution in [1.82, 2.24) is 0 Å². The van der Waals surface area contributed by atoms with Crippen LogP contribution in [-0.2, 0) is 4.79 Å². The molecule has 0 amide bonds. The van der Waals surface area contributed by atoms with E-state index in [9.17, 15) is 4.79 Å². The molecule has 21 heavy (non-hydrogen) atoms. The van der Waals surface area contributed by atoms with Gasteiger partial charge in [-0.25, -0.2) is 0 Å². The average molecular weight is 523 g/mol. The topological polar surface area (TPSA) is 37.3 Å². The van der Waals surface area contributed by atoms with Gasteiger partial charge in [0.25, 0.3) is 0 Å². The second-order valence-corrected chi connectivity index (χ2v) is 6.09. The van der Waals surface area contributed by atoms with Crippen LogP contribution < -0.4 is 0 Å². The van der Waals surface area contributed by atoms with Gasteiger partial charge < -0.3 is 5.11 Å². The number of unbranched alkanes of at least 4 members (excludes halogenated alkanes) is 14. The van der Waals surface area contributed by atoms with Crippen LogP contribution in [0.4, 0.5) is 0 Å². The summed E-state index contributed by atoms with van der Waals surface area (Å²) in [5.41, 5.74) is 0. The van der Waals surface area contributed by atoms with Gasteiger partial charge in [-0.05, 0) is 6.42 Å². The maximum Gasteiger partial charge on any atom is 0.303 e. The van der Waals surface area contributed by atoms with Crippen molar-refractivity contribution in [2.45, 2.75) is 110 Å². The molecular formula is C18H36O2U. The van der Waals surface area contributed by atoms with Crippen LogP contribution in [0.25, 0.3) is 0 Å². The molecule has 2 nitrogen and oxygen atoms in total. The Morgan fingerprint density at radius 1 is 0.619 bits per heavy atom. The third kappa shape index (κ3) is 22.9. The zero-order chi connectivity index (χ0) is 14.9. The summed E-state index contributed by atoms with van der Waals surface area (Å²) in [6, 6.07) is 0. The third-order valence-electron chi connectivity index (χ3n) is 3.99. The summed E-state index contributed by atoms with van der Waals surface area (Å²) in [5.74, 6) is -0.653. The van der Waals surface area contributed by atoms with E-state index >= 15 is 0 Å². The molecule has 124 valence electrons. The number of carboxylic acids is 1. The minimum atomic E-state index is -0.653. The van der Waals surface area contributed by atoms with Crippen LogP contribution in [-0.4, -0.2) is 11.1 Å². The van der Waals surface area contributed by atoms with Gasteiger partial charge in [0.1, 0.15) is 0 Å². The van der Waals surface area contributed by atoms with Gasteiger partial charge in [-0.15, -0.1) is 0 Å². The van der Waals surface area contributed by atoms with Crippen molar-refractivity contribution in [3.63, 3.8) is 0 Å². The summed E-state index contributed by atoms with van der Waals surface area (Å²) in [6.45, 7) is 2.27. The molecule has 0 saturated heterocycles. The molecule has 0 aliphatic carbocycles. The maximum atomic E-state index is 10.3. The van der Waals surface area contributed by atoms with E-state index in [0.29, 0.717) is 6.42 Å². The van der Waals surface area contributed by atoms with E-state index in [1.807, 2.05) is 0 Å². The minimum absolute atomic E-state index is 0. The molecule has 0 aromatic rings. The smallest absolute Gasteiger partial charge is 0.303 e. The number of hydrogen-bond acceptors (Lipinski definition) is 1. The van der Waals surface area contributed by atoms with E-state index in [-0.39, 0.29) is 31.1 Å². The van der Waals surface area contributed by atoms with Crippen molar-refractivity contribution in [2.24, 2.45) is 0 Å². The summed E-state index contributed by atoms with van der Waals surface area (Å²) in [4.78, 5) is 10.3. The van der Waals surface area contributed by atoms with Crippen LogP contribution in [0.3, 0.4) is 0 Å². The molecule has 0 atom stereocenters. The summed E-state index contributed by atoms with van der Waals surface area (Å²) in [5, 5.41) is 8.52. The van der Waals surface area contributed by atoms with Crippen LogP contribution >= 0.6 is 0 Å². The molecule has 0 saturated carbocycles. The molecule has 0 aromatic carbocycles. The van der Waals surface area contributed by atoms with E-state index in [0.717, 1.165) is 12.8 Å². The van der Waals surface area contributed by atoms with Crippen molar-refractivity contribution in [2.75, 3.05) is 0 Å². The van der Waals surface area contributed by atoms with E-state index in [1.165, 1.54) is 83.5 Å². The fourth-order valence-electron chi connectivity index (χ4n) is 2.65. The number of rotatable bonds is 16. The van der Waals surface area contributed by atoms with Gasteiger partial charge >= 0.3 is 5.97 Å². The van der Waals surface area contributed by atoms with Crippen LogP contribution in [0, 0.1) is 31.1 Å². The van der Waals surface area contributed by atoms with Crippen LogP contribution in [0.1, 0.15) is 110 Å². The number of carbonyl (C=O) groups is 1. The Bertz CT molecular complexity index is 207. The molecule has 0 spiro atoms. The molecule has 0 radical (unpaired) electrons. The SMILES string of the molecule is CCCCCCCCCCCCCCCCCC(=O)O.[U]. The van der Waals surface area contributed by atoms with Crippen molar-refractivity contribution < 1.29 is 41.0 Å². The van der Waals surface area contributed by atoms with Gasteiger partial charge in [-0.3, -0.25) is 4.79 Å². The van der Waals surface area contributed by atoms with Crippen molar-refractivity contribution in [3.8, 4) is 0 Å². The quantitative estimate of drug-likeness (QED) is 0.241. The van der Waals surface area contributed by atoms with Crippen LogP contribution in [0.2, 0.25) is 0 Å². The first-order valence-corrected chi connectivity index (χ1v) is 8.99. The molecule has 1 N–H and O–H groups in total. The Kier molecular flexibility index (Phi) is 23.2. The van der Waals surface area contributed by atoms with Crippen LogP contribution in [0.5, 0.6) is 0 Å². The predicted molar refractivity (Wildman–Crippen MR) is 87.2 cm³/mol. The molecule has 0 bridgehead atoms. The summed E-state index contributed by atoms with van der Waals surface area (Å²) in [7, 11) is 0. The second kappa shape index (κ2) is 20.5. The Morgan fingerprint density at radius 2 is 0.905 bits per heavy atom. The Labute approximate surface area is 156 Å². The summed E-state index contributed by atoms with van der Waals surface area (Å²) < 4.78 is 0. The van der Waals surface area contributed by atoms with Gasteiger partial charge in [-0.2, -0.15) is 0 Å². The van der Waals surface area contributed by atoms with E-state index in [4.69, 9.17) is 5.11 Å². The normalized spacial score (nSPS) is 10.3. The number of hydrogen-bond donors (Lipinski definition) is 1. The largest absolute Gasteiger partial charge is 0.481 e. The number of aliphatic carboxylic acids is 1. The monoisotopic (exact) mass is 522 g/mol. The number of carboxylic acid groups (broad SMARTS) is 1. The molecule has 0 aliphatic heterocycles. The fourth-order valence-corrected chi connectivity index (χ4v) is 2.65. The van der Waals surface area contributed by atoms with E-state index in [2.05, 4.69) is 6.92 Å². The first-order valence-electron chi connectivity index (χ1n) is 8.99. The Balaban J connectivity index is 0. The van der Waals surface area contributed by atoms with Gasteiger partial charge in [0.15, 0.2) is 0 Å². The molecule has 0 unspecified atom stereocenters. The van der Waals surface area contributed by atoms with E-state index in [1.54, 1.807) is 0 Å². The minimum Gasteiger partial charge on any atom is -0.481 e. The Hall–Kier alpha value is 0.522. The first kappa shape index (κ1) is 23.8. The fraction of sp³-hybridized carbons (Fsp3) is 0.944. The molecule has 0 aromatic heterocycles. The second-order valence-electron chi connectivity index (χ2n) is 6.09. The van der Waals surface area contributed by atoms with Gasteiger partial charge in [0.2, 0.25) is 0 Å². The summed E-state index contributed by atoms with van der Waals surface area (Å²) in [6.07, 6.45) is 20.2. The molecule has 0 rings (SSSR count). The summed E-state index contributed by atoms with van der Waals surface area (Å²) >= 11 is 0. The third-order valence-corrected chi connectivity index (χ3v) is 3.99. The molecule has 3 heteroatoms. The molecule has 0 heterocycles. The Morgan fingerprint density at radius 3 is 1.19 bits per heavy atom. The van der Waals surface area contributed by atoms with Crippen LogP contribution in [0.15, 0.2) is 0 Å². The standard InChI is InChI=1S/C18H36O2.U/c1-2-3-4-5-6-7-8-9-10-11-12-13-14-15-16-17-18(19)20;/h2-17H2,1H3,(H,19,20);.